The average Bonchev–Trinajstić information content (AvgIpc) is 2.45. The molecule has 1 aromatic carbocycles. The van der Waals surface area contributed by atoms with Crippen molar-refractivity contribution in [1.82, 2.24) is 5.32 Å². The summed E-state index contributed by atoms with van der Waals surface area (Å²) in [6.45, 7) is 5.70. The van der Waals surface area contributed by atoms with Crippen LogP contribution in [0.1, 0.15) is 36.5 Å². The second-order valence-electron chi connectivity index (χ2n) is 4.95. The fraction of sp³-hybridized carbons (Fsp3) is 0.533. The van der Waals surface area contributed by atoms with Gasteiger partial charge in [-0.25, -0.2) is 0 Å². The van der Waals surface area contributed by atoms with E-state index in [0.29, 0.717) is 6.04 Å². The van der Waals surface area contributed by atoms with Crippen molar-refractivity contribution in [1.29, 1.82) is 0 Å². The molecule has 0 heterocycles. The van der Waals surface area contributed by atoms with Crippen molar-refractivity contribution >= 4 is 5.84 Å². The molecule has 0 aliphatic rings. The molecular formula is C15H25N3O2. The molecule has 0 aliphatic carbocycles. The highest BCUT2D eigenvalue weighted by Gasteiger charge is 2.08. The second-order valence-corrected chi connectivity index (χ2v) is 4.95. The van der Waals surface area contributed by atoms with Crippen LogP contribution in [0.25, 0.3) is 0 Å². The largest absolute Gasteiger partial charge is 0.409 e. The number of nitrogens with two attached hydrogens (primary N) is 1. The summed E-state index contributed by atoms with van der Waals surface area (Å²) in [4.78, 5) is 0. The normalized spacial score (nSPS) is 13.4. The molecule has 112 valence electrons. The van der Waals surface area contributed by atoms with Crippen LogP contribution >= 0.6 is 0 Å². The van der Waals surface area contributed by atoms with Gasteiger partial charge in [-0.15, -0.1) is 0 Å². The molecule has 4 N–H and O–H groups in total. The Kier molecular flexibility index (Phi) is 7.04. The van der Waals surface area contributed by atoms with Gasteiger partial charge in [0.1, 0.15) is 0 Å². The van der Waals surface area contributed by atoms with Gasteiger partial charge < -0.3 is 21.0 Å². The van der Waals surface area contributed by atoms with Crippen LogP contribution in [0, 0.1) is 6.92 Å². The van der Waals surface area contributed by atoms with Crippen LogP contribution in [0.2, 0.25) is 0 Å². The van der Waals surface area contributed by atoms with Gasteiger partial charge in [0.05, 0.1) is 6.61 Å². The number of oxime groups is 1. The number of nitrogens with zero attached hydrogens (tertiary/aromatic N) is 1. The summed E-state index contributed by atoms with van der Waals surface area (Å²) < 4.78 is 5.22. The maximum Gasteiger partial charge on any atom is 0.170 e. The van der Waals surface area contributed by atoms with E-state index in [1.807, 2.05) is 25.1 Å². The molecular weight excluding hydrogens is 254 g/mol. The van der Waals surface area contributed by atoms with Crippen LogP contribution in [-0.4, -0.2) is 30.8 Å². The minimum atomic E-state index is 0.135. The van der Waals surface area contributed by atoms with E-state index >= 15 is 0 Å². The zero-order valence-corrected chi connectivity index (χ0v) is 12.5. The van der Waals surface area contributed by atoms with Crippen molar-refractivity contribution in [2.45, 2.75) is 39.3 Å². The third-order valence-corrected chi connectivity index (χ3v) is 3.33. The van der Waals surface area contributed by atoms with Crippen molar-refractivity contribution in [2.24, 2.45) is 10.9 Å². The Morgan fingerprint density at radius 2 is 2.25 bits per heavy atom. The van der Waals surface area contributed by atoms with Crippen molar-refractivity contribution in [2.75, 3.05) is 13.7 Å². The monoisotopic (exact) mass is 279 g/mol. The Hall–Kier alpha value is -1.59. The molecule has 20 heavy (non-hydrogen) atoms. The van der Waals surface area contributed by atoms with Gasteiger partial charge in [-0.3, -0.25) is 0 Å². The number of amidine groups is 1. The number of hydrogen-bond donors (Lipinski definition) is 3. The molecule has 1 atom stereocenters. The molecule has 0 fully saturated rings. The Morgan fingerprint density at radius 1 is 1.50 bits per heavy atom. The van der Waals surface area contributed by atoms with Gasteiger partial charge >= 0.3 is 0 Å². The highest BCUT2D eigenvalue weighted by Crippen LogP contribution is 2.12. The molecule has 0 amide bonds. The Bertz CT molecular complexity index is 441. The summed E-state index contributed by atoms with van der Waals surface area (Å²) in [6.07, 6.45) is 2.22. The number of hydrogen-bond acceptors (Lipinski definition) is 4. The van der Waals surface area contributed by atoms with Crippen LogP contribution in [0.5, 0.6) is 0 Å². The van der Waals surface area contributed by atoms with Crippen molar-refractivity contribution in [3.8, 4) is 0 Å². The van der Waals surface area contributed by atoms with Crippen molar-refractivity contribution in [3.63, 3.8) is 0 Å². The lowest BCUT2D eigenvalue weighted by Crippen LogP contribution is -2.32. The van der Waals surface area contributed by atoms with Crippen LogP contribution in [0.15, 0.2) is 23.4 Å². The average molecular weight is 279 g/mol. The van der Waals surface area contributed by atoms with E-state index in [1.54, 1.807) is 7.11 Å². The predicted molar refractivity (Wildman–Crippen MR) is 81.1 cm³/mol. The molecule has 0 saturated carbocycles. The minimum Gasteiger partial charge on any atom is -0.409 e. The Morgan fingerprint density at radius 3 is 2.80 bits per heavy atom. The summed E-state index contributed by atoms with van der Waals surface area (Å²) in [7, 11) is 1.72. The highest BCUT2D eigenvalue weighted by molar-refractivity contribution is 5.97. The summed E-state index contributed by atoms with van der Waals surface area (Å²) >= 11 is 0. The second kappa shape index (κ2) is 8.55. The topological polar surface area (TPSA) is 79.9 Å². The Balaban J connectivity index is 2.68. The van der Waals surface area contributed by atoms with Gasteiger partial charge in [-0.05, 0) is 30.5 Å². The van der Waals surface area contributed by atoms with Gasteiger partial charge in [0.25, 0.3) is 0 Å². The number of nitrogens with one attached hydrogen (secondary N) is 1. The first kappa shape index (κ1) is 16.5. The van der Waals surface area contributed by atoms with Gasteiger partial charge in [-0.1, -0.05) is 30.6 Å². The predicted octanol–water partition coefficient (Wildman–Crippen LogP) is 1.99. The van der Waals surface area contributed by atoms with E-state index in [2.05, 4.69) is 17.4 Å². The van der Waals surface area contributed by atoms with Gasteiger partial charge in [0, 0.05) is 25.3 Å². The van der Waals surface area contributed by atoms with E-state index in [-0.39, 0.29) is 5.84 Å². The molecule has 0 bridgehead atoms. The van der Waals surface area contributed by atoms with Crippen molar-refractivity contribution < 1.29 is 9.94 Å². The summed E-state index contributed by atoms with van der Waals surface area (Å²) in [5, 5.41) is 15.2. The standard InChI is InChI=1S/C15H25N3O2/c1-4-5-14(10-20-3)17-9-13-7-6-12(8-11(13)2)15(16)18-19/h6-8,14,17,19H,4-5,9-10H2,1-3H3,(H2,16,18). The van der Waals surface area contributed by atoms with Gasteiger partial charge in [0.15, 0.2) is 5.84 Å². The van der Waals surface area contributed by atoms with E-state index in [4.69, 9.17) is 15.7 Å². The molecule has 0 aromatic heterocycles. The van der Waals surface area contributed by atoms with Gasteiger partial charge in [-0.2, -0.15) is 0 Å². The lowest BCUT2D eigenvalue weighted by Gasteiger charge is -2.18. The third kappa shape index (κ3) is 4.83. The smallest absolute Gasteiger partial charge is 0.170 e. The third-order valence-electron chi connectivity index (χ3n) is 3.33. The maximum absolute atomic E-state index is 8.68. The molecule has 0 radical (unpaired) electrons. The van der Waals surface area contributed by atoms with E-state index in [0.717, 1.165) is 37.1 Å². The lowest BCUT2D eigenvalue weighted by atomic mass is 10.0. The molecule has 5 heteroatoms. The number of rotatable bonds is 8. The number of aryl methyl sites for hydroxylation is 1. The Labute approximate surface area is 120 Å². The summed E-state index contributed by atoms with van der Waals surface area (Å²) in [6, 6.07) is 6.17. The SMILES string of the molecule is CCCC(COC)NCc1ccc(/C(N)=N/O)cc1C. The molecule has 1 rings (SSSR count). The zero-order chi connectivity index (χ0) is 15.0. The molecule has 0 aliphatic heterocycles. The number of methoxy groups -OCH3 is 1. The van der Waals surface area contributed by atoms with Crippen LogP contribution in [0.3, 0.4) is 0 Å². The fourth-order valence-corrected chi connectivity index (χ4v) is 2.16. The zero-order valence-electron chi connectivity index (χ0n) is 12.5. The summed E-state index contributed by atoms with van der Waals surface area (Å²) in [5.41, 5.74) is 8.64. The van der Waals surface area contributed by atoms with E-state index in [1.165, 1.54) is 5.56 Å². The van der Waals surface area contributed by atoms with Gasteiger partial charge in [0.2, 0.25) is 0 Å². The number of benzene rings is 1. The van der Waals surface area contributed by atoms with E-state index < -0.39 is 0 Å². The minimum absolute atomic E-state index is 0.135. The first-order valence-corrected chi connectivity index (χ1v) is 6.92. The first-order valence-electron chi connectivity index (χ1n) is 6.92. The highest BCUT2D eigenvalue weighted by atomic mass is 16.5. The van der Waals surface area contributed by atoms with Crippen LogP contribution in [-0.2, 0) is 11.3 Å². The quantitative estimate of drug-likeness (QED) is 0.294. The molecule has 5 nitrogen and oxygen atoms in total. The maximum atomic E-state index is 8.68. The summed E-state index contributed by atoms with van der Waals surface area (Å²) in [5.74, 6) is 0.135. The molecule has 0 spiro atoms. The lowest BCUT2D eigenvalue weighted by molar-refractivity contribution is 0.161. The first-order chi connectivity index (χ1) is 9.62. The molecule has 1 unspecified atom stereocenters. The number of ether oxygens (including phenoxy) is 1. The van der Waals surface area contributed by atoms with Crippen molar-refractivity contribution in [3.05, 3.63) is 34.9 Å². The van der Waals surface area contributed by atoms with Crippen LogP contribution in [0.4, 0.5) is 0 Å². The molecule has 0 saturated heterocycles. The molecule has 1 aromatic rings. The fourth-order valence-electron chi connectivity index (χ4n) is 2.16. The van der Waals surface area contributed by atoms with E-state index in [9.17, 15) is 0 Å². The van der Waals surface area contributed by atoms with Crippen LogP contribution < -0.4 is 11.1 Å².